The maximum atomic E-state index is 12.1. The average molecular weight is 311 g/mol. The van der Waals surface area contributed by atoms with E-state index in [4.69, 9.17) is 0 Å². The van der Waals surface area contributed by atoms with Crippen molar-refractivity contribution in [3.05, 3.63) is 33.8 Å². The number of carbonyl (C=O) groups is 1. The van der Waals surface area contributed by atoms with Gasteiger partial charge in [0.05, 0.1) is 0 Å². The zero-order valence-corrected chi connectivity index (χ0v) is 12.2. The summed E-state index contributed by atoms with van der Waals surface area (Å²) >= 11 is 3.46. The molecule has 2 rings (SSSR count). The van der Waals surface area contributed by atoms with Gasteiger partial charge in [0, 0.05) is 16.1 Å². The van der Waals surface area contributed by atoms with E-state index < -0.39 is 0 Å². The first-order valence-corrected chi connectivity index (χ1v) is 7.24. The Bertz CT molecular complexity index is 426. The van der Waals surface area contributed by atoms with Crippen LogP contribution in [0.4, 0.5) is 0 Å². The lowest BCUT2D eigenvalue weighted by atomic mass is 10.1. The fourth-order valence-electron chi connectivity index (χ4n) is 2.17. The topological polar surface area (TPSA) is 41.1 Å². The molecule has 18 heavy (non-hydrogen) atoms. The largest absolute Gasteiger partial charge is 0.349 e. The van der Waals surface area contributed by atoms with E-state index in [0.29, 0.717) is 6.04 Å². The van der Waals surface area contributed by atoms with E-state index in [1.165, 1.54) is 0 Å². The number of rotatable bonds is 2. The van der Waals surface area contributed by atoms with Crippen LogP contribution in [0.25, 0.3) is 0 Å². The molecule has 1 aliphatic rings. The second kappa shape index (κ2) is 6.34. The Morgan fingerprint density at radius 1 is 1.39 bits per heavy atom. The van der Waals surface area contributed by atoms with Crippen molar-refractivity contribution in [3.8, 4) is 0 Å². The van der Waals surface area contributed by atoms with Crippen molar-refractivity contribution in [2.45, 2.75) is 32.2 Å². The summed E-state index contributed by atoms with van der Waals surface area (Å²) in [5, 5.41) is 6.47. The van der Waals surface area contributed by atoms with Crippen molar-refractivity contribution >= 4 is 21.8 Å². The predicted molar refractivity (Wildman–Crippen MR) is 76.9 cm³/mol. The van der Waals surface area contributed by atoms with E-state index in [9.17, 15) is 4.79 Å². The highest BCUT2D eigenvalue weighted by Gasteiger charge is 2.15. The zero-order chi connectivity index (χ0) is 13.0. The van der Waals surface area contributed by atoms with Gasteiger partial charge in [-0.25, -0.2) is 0 Å². The van der Waals surface area contributed by atoms with E-state index in [1.807, 2.05) is 25.1 Å². The van der Waals surface area contributed by atoms with Gasteiger partial charge >= 0.3 is 0 Å². The third kappa shape index (κ3) is 3.56. The molecule has 0 saturated carbocycles. The van der Waals surface area contributed by atoms with Gasteiger partial charge in [-0.2, -0.15) is 0 Å². The summed E-state index contributed by atoms with van der Waals surface area (Å²) in [7, 11) is 0. The standard InChI is InChI=1S/C14H19BrN2O/c1-10-4-5-11(9-13(10)15)14(18)17-12-3-2-7-16-8-6-12/h4-5,9,12,16H,2-3,6-8H2,1H3,(H,17,18). The number of hydrogen-bond acceptors (Lipinski definition) is 2. The summed E-state index contributed by atoms with van der Waals surface area (Å²) < 4.78 is 0.984. The highest BCUT2D eigenvalue weighted by molar-refractivity contribution is 9.10. The molecular formula is C14H19BrN2O. The summed E-state index contributed by atoms with van der Waals surface area (Å²) in [6, 6.07) is 6.03. The molecule has 1 aliphatic heterocycles. The number of halogens is 1. The number of carbonyl (C=O) groups excluding carboxylic acids is 1. The molecule has 1 aromatic rings. The number of benzene rings is 1. The Hall–Kier alpha value is -0.870. The third-order valence-electron chi connectivity index (χ3n) is 3.34. The molecule has 1 saturated heterocycles. The van der Waals surface area contributed by atoms with Crippen molar-refractivity contribution in [1.29, 1.82) is 0 Å². The lowest BCUT2D eigenvalue weighted by molar-refractivity contribution is 0.0934. The first-order chi connectivity index (χ1) is 8.66. The second-order valence-electron chi connectivity index (χ2n) is 4.82. The summed E-state index contributed by atoms with van der Waals surface area (Å²) in [4.78, 5) is 12.1. The highest BCUT2D eigenvalue weighted by atomic mass is 79.9. The summed E-state index contributed by atoms with van der Waals surface area (Å²) in [5.74, 6) is 0.0302. The summed E-state index contributed by atoms with van der Waals surface area (Å²) in [6.07, 6.45) is 3.20. The quantitative estimate of drug-likeness (QED) is 0.881. The number of nitrogens with one attached hydrogen (secondary N) is 2. The maximum absolute atomic E-state index is 12.1. The molecule has 4 heteroatoms. The van der Waals surface area contributed by atoms with Gasteiger partial charge < -0.3 is 10.6 Å². The Kier molecular flexibility index (Phi) is 4.78. The number of aryl methyl sites for hydroxylation is 1. The minimum atomic E-state index is 0.0302. The smallest absolute Gasteiger partial charge is 0.251 e. The molecule has 1 fully saturated rings. The summed E-state index contributed by atoms with van der Waals surface area (Å²) in [6.45, 7) is 4.06. The fourth-order valence-corrected chi connectivity index (χ4v) is 2.55. The van der Waals surface area contributed by atoms with Gasteiger partial charge in [0.2, 0.25) is 0 Å². The predicted octanol–water partition coefficient (Wildman–Crippen LogP) is 2.63. The second-order valence-corrected chi connectivity index (χ2v) is 5.67. The van der Waals surface area contributed by atoms with E-state index in [1.54, 1.807) is 0 Å². The van der Waals surface area contributed by atoms with Crippen molar-refractivity contribution in [3.63, 3.8) is 0 Å². The van der Waals surface area contributed by atoms with Crippen LogP contribution in [0.5, 0.6) is 0 Å². The van der Waals surface area contributed by atoms with Crippen LogP contribution in [-0.2, 0) is 0 Å². The highest BCUT2D eigenvalue weighted by Crippen LogP contribution is 2.17. The van der Waals surface area contributed by atoms with Crippen LogP contribution in [0.15, 0.2) is 22.7 Å². The van der Waals surface area contributed by atoms with Gasteiger partial charge in [-0.05, 0) is 57.0 Å². The molecule has 0 radical (unpaired) electrons. The Morgan fingerprint density at radius 3 is 3.00 bits per heavy atom. The van der Waals surface area contributed by atoms with Crippen LogP contribution in [0.2, 0.25) is 0 Å². The molecule has 1 amide bonds. The van der Waals surface area contributed by atoms with Gasteiger partial charge in [0.25, 0.3) is 5.91 Å². The molecule has 98 valence electrons. The molecular weight excluding hydrogens is 292 g/mol. The van der Waals surface area contributed by atoms with Crippen molar-refractivity contribution in [2.75, 3.05) is 13.1 Å². The van der Waals surface area contributed by atoms with E-state index in [2.05, 4.69) is 26.6 Å². The molecule has 0 aromatic heterocycles. The third-order valence-corrected chi connectivity index (χ3v) is 4.20. The molecule has 3 nitrogen and oxygen atoms in total. The normalized spacial score (nSPS) is 20.2. The van der Waals surface area contributed by atoms with Crippen molar-refractivity contribution in [1.82, 2.24) is 10.6 Å². The Morgan fingerprint density at radius 2 is 2.22 bits per heavy atom. The van der Waals surface area contributed by atoms with Gasteiger partial charge in [0.1, 0.15) is 0 Å². The van der Waals surface area contributed by atoms with Gasteiger partial charge in [-0.1, -0.05) is 22.0 Å². The number of amides is 1. The molecule has 0 aliphatic carbocycles. The molecule has 1 heterocycles. The average Bonchev–Trinajstić information content (AvgIpc) is 2.61. The monoisotopic (exact) mass is 310 g/mol. The number of hydrogen-bond donors (Lipinski definition) is 2. The van der Waals surface area contributed by atoms with Gasteiger partial charge in [-0.3, -0.25) is 4.79 Å². The van der Waals surface area contributed by atoms with E-state index in [-0.39, 0.29) is 5.91 Å². The summed E-state index contributed by atoms with van der Waals surface area (Å²) in [5.41, 5.74) is 1.87. The SMILES string of the molecule is Cc1ccc(C(=O)NC2CCCNCC2)cc1Br. The molecule has 2 N–H and O–H groups in total. The molecule has 1 atom stereocenters. The van der Waals surface area contributed by atoms with Crippen LogP contribution in [0, 0.1) is 6.92 Å². The molecule has 1 aromatic carbocycles. The minimum Gasteiger partial charge on any atom is -0.349 e. The van der Waals surface area contributed by atoms with E-state index in [0.717, 1.165) is 48.0 Å². The van der Waals surface area contributed by atoms with Crippen LogP contribution >= 0.6 is 15.9 Å². The van der Waals surface area contributed by atoms with Crippen LogP contribution in [-0.4, -0.2) is 25.0 Å². The molecule has 1 unspecified atom stereocenters. The zero-order valence-electron chi connectivity index (χ0n) is 10.6. The fraction of sp³-hybridized carbons (Fsp3) is 0.500. The lowest BCUT2D eigenvalue weighted by Gasteiger charge is -2.16. The van der Waals surface area contributed by atoms with Gasteiger partial charge in [-0.15, -0.1) is 0 Å². The Labute approximate surface area is 116 Å². The van der Waals surface area contributed by atoms with Gasteiger partial charge in [0.15, 0.2) is 0 Å². The first-order valence-electron chi connectivity index (χ1n) is 6.44. The van der Waals surface area contributed by atoms with E-state index >= 15 is 0 Å². The minimum absolute atomic E-state index is 0.0302. The lowest BCUT2D eigenvalue weighted by Crippen LogP contribution is -2.35. The molecule has 0 bridgehead atoms. The van der Waals surface area contributed by atoms with Crippen molar-refractivity contribution < 1.29 is 4.79 Å². The van der Waals surface area contributed by atoms with Crippen LogP contribution in [0.1, 0.15) is 35.2 Å². The van der Waals surface area contributed by atoms with Crippen LogP contribution in [0.3, 0.4) is 0 Å². The van der Waals surface area contributed by atoms with Crippen LogP contribution < -0.4 is 10.6 Å². The first kappa shape index (κ1) is 13.6. The Balaban J connectivity index is 1.99. The van der Waals surface area contributed by atoms with Crippen molar-refractivity contribution in [2.24, 2.45) is 0 Å². The maximum Gasteiger partial charge on any atom is 0.251 e. The molecule has 0 spiro atoms.